The van der Waals surface area contributed by atoms with Crippen LogP contribution in [0, 0.1) is 0 Å². The summed E-state index contributed by atoms with van der Waals surface area (Å²) in [5, 5.41) is 21.2. The van der Waals surface area contributed by atoms with Gasteiger partial charge in [0.2, 0.25) is 0 Å². The normalized spacial score (nSPS) is 12.5. The standard InChI is InChI=1S/C16H17N3O2/c20-10-14(21)9-17-12-5-7-13(8-6-12)19-11-18-15-3-1-2-4-16(15)19/h1-8,11,14,17,20-21H,9-10H2. The lowest BCUT2D eigenvalue weighted by molar-refractivity contribution is 0.105. The van der Waals surface area contributed by atoms with Crippen molar-refractivity contribution in [3.63, 3.8) is 0 Å². The maximum Gasteiger partial charge on any atom is 0.100 e. The van der Waals surface area contributed by atoms with Crippen LogP contribution in [0.1, 0.15) is 0 Å². The van der Waals surface area contributed by atoms with Crippen molar-refractivity contribution in [1.29, 1.82) is 0 Å². The van der Waals surface area contributed by atoms with Gasteiger partial charge in [-0.2, -0.15) is 0 Å². The number of aliphatic hydroxyl groups is 2. The Hall–Kier alpha value is -2.37. The summed E-state index contributed by atoms with van der Waals surface area (Å²) in [5.74, 6) is 0. The van der Waals surface area contributed by atoms with E-state index in [-0.39, 0.29) is 6.61 Å². The lowest BCUT2D eigenvalue weighted by atomic mass is 10.2. The number of rotatable bonds is 5. The van der Waals surface area contributed by atoms with Gasteiger partial charge >= 0.3 is 0 Å². The van der Waals surface area contributed by atoms with Gasteiger partial charge in [0.25, 0.3) is 0 Å². The van der Waals surface area contributed by atoms with E-state index in [0.29, 0.717) is 6.54 Å². The molecule has 0 spiro atoms. The minimum Gasteiger partial charge on any atom is -0.394 e. The third-order valence-electron chi connectivity index (χ3n) is 3.35. The third-order valence-corrected chi connectivity index (χ3v) is 3.35. The van der Waals surface area contributed by atoms with E-state index >= 15 is 0 Å². The van der Waals surface area contributed by atoms with Gasteiger partial charge in [-0.05, 0) is 36.4 Å². The molecule has 1 heterocycles. The van der Waals surface area contributed by atoms with Gasteiger partial charge < -0.3 is 15.5 Å². The van der Waals surface area contributed by atoms with Crippen molar-refractivity contribution in [3.05, 3.63) is 54.9 Å². The van der Waals surface area contributed by atoms with Crippen LogP contribution in [-0.4, -0.2) is 39.0 Å². The van der Waals surface area contributed by atoms with Crippen molar-refractivity contribution in [2.45, 2.75) is 6.10 Å². The van der Waals surface area contributed by atoms with Gasteiger partial charge in [-0.15, -0.1) is 0 Å². The van der Waals surface area contributed by atoms with Crippen LogP contribution in [-0.2, 0) is 0 Å². The first-order valence-corrected chi connectivity index (χ1v) is 6.83. The monoisotopic (exact) mass is 283 g/mol. The third kappa shape index (κ3) is 2.89. The van der Waals surface area contributed by atoms with Crippen LogP contribution in [0.15, 0.2) is 54.9 Å². The van der Waals surface area contributed by atoms with Crippen LogP contribution in [0.3, 0.4) is 0 Å². The van der Waals surface area contributed by atoms with E-state index in [1.165, 1.54) is 0 Å². The van der Waals surface area contributed by atoms with E-state index < -0.39 is 6.10 Å². The molecule has 5 nitrogen and oxygen atoms in total. The molecular weight excluding hydrogens is 266 g/mol. The molecule has 0 aliphatic rings. The minimum absolute atomic E-state index is 0.244. The molecule has 0 saturated heterocycles. The summed E-state index contributed by atoms with van der Waals surface area (Å²) in [6.45, 7) is 0.0793. The van der Waals surface area contributed by atoms with Crippen molar-refractivity contribution in [1.82, 2.24) is 9.55 Å². The van der Waals surface area contributed by atoms with Gasteiger partial charge in [-0.1, -0.05) is 12.1 Å². The summed E-state index contributed by atoms with van der Waals surface area (Å²) in [6.07, 6.45) is 1.06. The van der Waals surface area contributed by atoms with Gasteiger partial charge in [0.05, 0.1) is 23.7 Å². The molecule has 108 valence electrons. The lowest BCUT2D eigenvalue weighted by Crippen LogP contribution is -2.22. The van der Waals surface area contributed by atoms with Gasteiger partial charge in [0.15, 0.2) is 0 Å². The summed E-state index contributed by atoms with van der Waals surface area (Å²) in [6, 6.07) is 15.8. The molecular formula is C16H17N3O2. The Morgan fingerprint density at radius 2 is 1.86 bits per heavy atom. The van der Waals surface area contributed by atoms with E-state index in [4.69, 9.17) is 5.11 Å². The SMILES string of the molecule is OCC(O)CNc1ccc(-n2cnc3ccccc32)cc1. The molecule has 1 atom stereocenters. The van der Waals surface area contributed by atoms with Crippen molar-refractivity contribution < 1.29 is 10.2 Å². The van der Waals surface area contributed by atoms with Gasteiger partial charge in [-0.25, -0.2) is 4.98 Å². The number of benzene rings is 2. The van der Waals surface area contributed by atoms with Crippen LogP contribution in [0.25, 0.3) is 16.7 Å². The smallest absolute Gasteiger partial charge is 0.100 e. The second-order valence-electron chi connectivity index (χ2n) is 4.87. The van der Waals surface area contributed by atoms with Crippen LogP contribution >= 0.6 is 0 Å². The number of aliphatic hydroxyl groups excluding tert-OH is 2. The van der Waals surface area contributed by atoms with E-state index in [0.717, 1.165) is 22.4 Å². The average molecular weight is 283 g/mol. The fourth-order valence-corrected chi connectivity index (χ4v) is 2.21. The molecule has 0 radical (unpaired) electrons. The Bertz CT molecular complexity index is 722. The molecule has 0 fully saturated rings. The van der Waals surface area contributed by atoms with Gasteiger partial charge in [0.1, 0.15) is 6.33 Å². The van der Waals surface area contributed by atoms with Gasteiger partial charge in [-0.3, -0.25) is 4.57 Å². The first kappa shape index (κ1) is 13.6. The highest BCUT2D eigenvalue weighted by Crippen LogP contribution is 2.19. The molecule has 2 aromatic carbocycles. The second-order valence-corrected chi connectivity index (χ2v) is 4.87. The summed E-state index contributed by atoms with van der Waals surface area (Å²) < 4.78 is 2.03. The summed E-state index contributed by atoms with van der Waals surface area (Å²) in [4.78, 5) is 4.37. The van der Waals surface area contributed by atoms with Crippen molar-refractivity contribution >= 4 is 16.7 Å². The predicted molar refractivity (Wildman–Crippen MR) is 82.7 cm³/mol. The fourth-order valence-electron chi connectivity index (χ4n) is 2.21. The number of aromatic nitrogens is 2. The number of anilines is 1. The molecule has 3 rings (SSSR count). The lowest BCUT2D eigenvalue weighted by Gasteiger charge is -2.11. The number of hydrogen-bond donors (Lipinski definition) is 3. The highest BCUT2D eigenvalue weighted by molar-refractivity contribution is 5.77. The number of para-hydroxylation sites is 2. The summed E-state index contributed by atoms with van der Waals surface area (Å²) in [5.41, 5.74) is 3.95. The Kier molecular flexibility index (Phi) is 3.85. The zero-order valence-electron chi connectivity index (χ0n) is 11.5. The zero-order chi connectivity index (χ0) is 14.7. The summed E-state index contributed by atoms with van der Waals surface area (Å²) in [7, 11) is 0. The molecule has 0 bridgehead atoms. The molecule has 1 aromatic heterocycles. The highest BCUT2D eigenvalue weighted by atomic mass is 16.3. The van der Waals surface area contributed by atoms with Crippen molar-refractivity contribution in [2.24, 2.45) is 0 Å². The van der Waals surface area contributed by atoms with Crippen molar-refractivity contribution in [3.8, 4) is 5.69 Å². The second kappa shape index (κ2) is 5.95. The van der Waals surface area contributed by atoms with Crippen molar-refractivity contribution in [2.75, 3.05) is 18.5 Å². The largest absolute Gasteiger partial charge is 0.394 e. The van der Waals surface area contributed by atoms with E-state index in [9.17, 15) is 5.11 Å². The number of imidazole rings is 1. The van der Waals surface area contributed by atoms with Crippen LogP contribution in [0.5, 0.6) is 0 Å². The maximum absolute atomic E-state index is 9.32. The Balaban J connectivity index is 1.81. The minimum atomic E-state index is -0.748. The predicted octanol–water partition coefficient (Wildman–Crippen LogP) is 1.79. The molecule has 3 aromatic rings. The van der Waals surface area contributed by atoms with Crippen LogP contribution in [0.4, 0.5) is 5.69 Å². The molecule has 0 amide bonds. The topological polar surface area (TPSA) is 70.3 Å². The Morgan fingerprint density at radius 1 is 1.10 bits per heavy atom. The highest BCUT2D eigenvalue weighted by Gasteiger charge is 2.04. The molecule has 3 N–H and O–H groups in total. The number of nitrogens with one attached hydrogen (secondary N) is 1. The van der Waals surface area contributed by atoms with Gasteiger partial charge in [0, 0.05) is 17.9 Å². The quantitative estimate of drug-likeness (QED) is 0.667. The van der Waals surface area contributed by atoms with Crippen LogP contribution in [0.2, 0.25) is 0 Å². The number of nitrogens with zero attached hydrogens (tertiary/aromatic N) is 2. The fraction of sp³-hybridized carbons (Fsp3) is 0.188. The number of hydrogen-bond acceptors (Lipinski definition) is 4. The van der Waals surface area contributed by atoms with E-state index in [2.05, 4.69) is 10.3 Å². The number of fused-ring (bicyclic) bond motifs is 1. The molecule has 5 heteroatoms. The molecule has 0 aliphatic carbocycles. The molecule has 0 saturated carbocycles. The molecule has 21 heavy (non-hydrogen) atoms. The Morgan fingerprint density at radius 3 is 2.62 bits per heavy atom. The molecule has 1 unspecified atom stereocenters. The van der Waals surface area contributed by atoms with E-state index in [1.54, 1.807) is 0 Å². The Labute approximate surface area is 122 Å². The zero-order valence-corrected chi connectivity index (χ0v) is 11.5. The first-order chi connectivity index (χ1) is 10.3. The average Bonchev–Trinajstić information content (AvgIpc) is 2.97. The summed E-state index contributed by atoms with van der Waals surface area (Å²) >= 11 is 0. The van der Waals surface area contributed by atoms with E-state index in [1.807, 2.05) is 59.4 Å². The first-order valence-electron chi connectivity index (χ1n) is 6.83. The maximum atomic E-state index is 9.32. The molecule has 0 aliphatic heterocycles. The van der Waals surface area contributed by atoms with Crippen LogP contribution < -0.4 is 5.32 Å².